The van der Waals surface area contributed by atoms with E-state index in [1.165, 1.54) is 12.1 Å². The van der Waals surface area contributed by atoms with E-state index in [2.05, 4.69) is 10.6 Å². The predicted molar refractivity (Wildman–Crippen MR) is 73.2 cm³/mol. The van der Waals surface area contributed by atoms with Crippen LogP contribution in [-0.4, -0.2) is 19.0 Å². The minimum Gasteiger partial charge on any atom is -0.349 e. The Hall–Kier alpha value is -1.42. The SMILES string of the molecule is CC(NC(=O)C1(C)CCNCC1)c1cccc(F)c1. The predicted octanol–water partition coefficient (Wildman–Crippen LogP) is 2.39. The van der Waals surface area contributed by atoms with Crippen LogP contribution in [0.1, 0.15) is 38.3 Å². The fraction of sp³-hybridized carbons (Fsp3) is 0.533. The molecule has 1 aromatic rings. The first-order chi connectivity index (χ1) is 9.01. The van der Waals surface area contributed by atoms with Crippen LogP contribution >= 0.6 is 0 Å². The minimum absolute atomic E-state index is 0.0609. The molecule has 0 radical (unpaired) electrons. The topological polar surface area (TPSA) is 41.1 Å². The number of carbonyl (C=O) groups is 1. The Balaban J connectivity index is 2.02. The monoisotopic (exact) mass is 264 g/mol. The molecular weight excluding hydrogens is 243 g/mol. The van der Waals surface area contributed by atoms with Crippen LogP contribution in [0.25, 0.3) is 0 Å². The van der Waals surface area contributed by atoms with E-state index in [1.54, 1.807) is 6.07 Å². The van der Waals surface area contributed by atoms with Crippen molar-refractivity contribution < 1.29 is 9.18 Å². The summed E-state index contributed by atoms with van der Waals surface area (Å²) in [6, 6.07) is 6.20. The van der Waals surface area contributed by atoms with Crippen LogP contribution < -0.4 is 10.6 Å². The lowest BCUT2D eigenvalue weighted by molar-refractivity contribution is -0.132. The van der Waals surface area contributed by atoms with Gasteiger partial charge in [0.05, 0.1) is 6.04 Å². The number of piperidine rings is 1. The molecule has 1 heterocycles. The largest absolute Gasteiger partial charge is 0.349 e. The van der Waals surface area contributed by atoms with E-state index < -0.39 is 0 Å². The quantitative estimate of drug-likeness (QED) is 0.880. The average molecular weight is 264 g/mol. The van der Waals surface area contributed by atoms with Crippen LogP contribution in [0.2, 0.25) is 0 Å². The van der Waals surface area contributed by atoms with E-state index in [0.29, 0.717) is 0 Å². The normalized spacial score (nSPS) is 19.7. The zero-order valence-corrected chi connectivity index (χ0v) is 11.5. The number of hydrogen-bond donors (Lipinski definition) is 2. The highest BCUT2D eigenvalue weighted by Gasteiger charge is 2.35. The first-order valence-corrected chi connectivity index (χ1v) is 6.78. The van der Waals surface area contributed by atoms with Gasteiger partial charge in [0.25, 0.3) is 0 Å². The van der Waals surface area contributed by atoms with Crippen molar-refractivity contribution in [1.29, 1.82) is 0 Å². The molecule has 0 saturated carbocycles. The number of amides is 1. The summed E-state index contributed by atoms with van der Waals surface area (Å²) in [7, 11) is 0. The van der Waals surface area contributed by atoms with Gasteiger partial charge in [-0.3, -0.25) is 4.79 Å². The summed E-state index contributed by atoms with van der Waals surface area (Å²) in [6.45, 7) is 5.63. The van der Waals surface area contributed by atoms with E-state index >= 15 is 0 Å². The molecule has 0 aliphatic carbocycles. The molecule has 0 bridgehead atoms. The van der Waals surface area contributed by atoms with Gasteiger partial charge in [-0.05, 0) is 50.6 Å². The van der Waals surface area contributed by atoms with Gasteiger partial charge in [0.2, 0.25) is 5.91 Å². The number of nitrogens with one attached hydrogen (secondary N) is 2. The molecule has 4 heteroatoms. The molecule has 1 saturated heterocycles. The van der Waals surface area contributed by atoms with Crippen molar-refractivity contribution in [3.05, 3.63) is 35.6 Å². The first kappa shape index (κ1) is 14.0. The molecule has 0 aromatic heterocycles. The van der Waals surface area contributed by atoms with Crippen molar-refractivity contribution in [2.75, 3.05) is 13.1 Å². The second-order valence-electron chi connectivity index (χ2n) is 5.56. The van der Waals surface area contributed by atoms with Crippen molar-refractivity contribution in [2.45, 2.75) is 32.7 Å². The third kappa shape index (κ3) is 3.32. The van der Waals surface area contributed by atoms with Crippen LogP contribution in [-0.2, 0) is 4.79 Å². The van der Waals surface area contributed by atoms with E-state index in [0.717, 1.165) is 31.5 Å². The van der Waals surface area contributed by atoms with Gasteiger partial charge in [-0.2, -0.15) is 0 Å². The molecule has 1 aliphatic rings. The number of halogens is 1. The first-order valence-electron chi connectivity index (χ1n) is 6.78. The number of carbonyl (C=O) groups excluding carboxylic acids is 1. The van der Waals surface area contributed by atoms with Crippen LogP contribution in [0.5, 0.6) is 0 Å². The number of rotatable bonds is 3. The average Bonchev–Trinajstić information content (AvgIpc) is 2.39. The lowest BCUT2D eigenvalue weighted by atomic mass is 9.80. The maximum atomic E-state index is 13.2. The van der Waals surface area contributed by atoms with Crippen LogP contribution in [0, 0.1) is 11.2 Å². The highest BCUT2D eigenvalue weighted by atomic mass is 19.1. The molecule has 1 aromatic carbocycles. The molecule has 3 nitrogen and oxygen atoms in total. The molecule has 19 heavy (non-hydrogen) atoms. The molecular formula is C15H21FN2O. The summed E-state index contributed by atoms with van der Waals surface area (Å²) in [5.74, 6) is -0.211. The minimum atomic E-state index is -0.313. The second-order valence-corrected chi connectivity index (χ2v) is 5.56. The Kier molecular flexibility index (Phi) is 4.20. The maximum Gasteiger partial charge on any atom is 0.226 e. The van der Waals surface area contributed by atoms with E-state index in [-0.39, 0.29) is 23.2 Å². The van der Waals surface area contributed by atoms with Gasteiger partial charge in [-0.1, -0.05) is 19.1 Å². The number of hydrogen-bond acceptors (Lipinski definition) is 2. The van der Waals surface area contributed by atoms with Crippen LogP contribution in [0.3, 0.4) is 0 Å². The summed E-state index contributed by atoms with van der Waals surface area (Å²) in [5, 5.41) is 6.26. The summed E-state index contributed by atoms with van der Waals surface area (Å²) >= 11 is 0. The Morgan fingerprint density at radius 2 is 2.11 bits per heavy atom. The molecule has 1 fully saturated rings. The Labute approximate surface area is 113 Å². The summed E-state index contributed by atoms with van der Waals surface area (Å²) in [6.07, 6.45) is 1.68. The van der Waals surface area contributed by atoms with Crippen LogP contribution in [0.15, 0.2) is 24.3 Å². The Bertz CT molecular complexity index is 455. The Morgan fingerprint density at radius 3 is 2.74 bits per heavy atom. The van der Waals surface area contributed by atoms with Gasteiger partial charge in [0.1, 0.15) is 5.82 Å². The van der Waals surface area contributed by atoms with Gasteiger partial charge < -0.3 is 10.6 Å². The van der Waals surface area contributed by atoms with Crippen molar-refractivity contribution in [2.24, 2.45) is 5.41 Å². The molecule has 1 aliphatic heterocycles. The van der Waals surface area contributed by atoms with Gasteiger partial charge in [0.15, 0.2) is 0 Å². The Morgan fingerprint density at radius 1 is 1.42 bits per heavy atom. The lowest BCUT2D eigenvalue weighted by Crippen LogP contribution is -2.46. The summed E-state index contributed by atoms with van der Waals surface area (Å²) in [4.78, 5) is 12.4. The molecule has 1 atom stereocenters. The van der Waals surface area contributed by atoms with Crippen molar-refractivity contribution in [3.63, 3.8) is 0 Å². The third-order valence-corrected chi connectivity index (χ3v) is 3.95. The summed E-state index contributed by atoms with van der Waals surface area (Å²) in [5.41, 5.74) is 0.484. The third-order valence-electron chi connectivity index (χ3n) is 3.95. The molecule has 0 spiro atoms. The molecule has 1 amide bonds. The van der Waals surface area contributed by atoms with Gasteiger partial charge in [0, 0.05) is 5.41 Å². The molecule has 104 valence electrons. The van der Waals surface area contributed by atoms with Crippen molar-refractivity contribution >= 4 is 5.91 Å². The smallest absolute Gasteiger partial charge is 0.226 e. The zero-order valence-electron chi connectivity index (χ0n) is 11.5. The van der Waals surface area contributed by atoms with Crippen LogP contribution in [0.4, 0.5) is 4.39 Å². The fourth-order valence-corrected chi connectivity index (χ4v) is 2.44. The molecule has 2 rings (SSSR count). The van der Waals surface area contributed by atoms with Gasteiger partial charge >= 0.3 is 0 Å². The highest BCUT2D eigenvalue weighted by molar-refractivity contribution is 5.82. The standard InChI is InChI=1S/C15H21FN2O/c1-11(12-4-3-5-13(16)10-12)18-14(19)15(2)6-8-17-9-7-15/h3-5,10-11,17H,6-9H2,1-2H3,(H,18,19). The molecule has 1 unspecified atom stereocenters. The lowest BCUT2D eigenvalue weighted by Gasteiger charge is -2.33. The highest BCUT2D eigenvalue weighted by Crippen LogP contribution is 2.29. The second kappa shape index (κ2) is 5.70. The maximum absolute atomic E-state index is 13.2. The fourth-order valence-electron chi connectivity index (χ4n) is 2.44. The summed E-state index contributed by atoms with van der Waals surface area (Å²) < 4.78 is 13.2. The van der Waals surface area contributed by atoms with Crippen molar-refractivity contribution in [3.8, 4) is 0 Å². The zero-order chi connectivity index (χ0) is 13.9. The molecule has 2 N–H and O–H groups in total. The number of benzene rings is 1. The van der Waals surface area contributed by atoms with Gasteiger partial charge in [-0.15, -0.1) is 0 Å². The van der Waals surface area contributed by atoms with Crippen molar-refractivity contribution in [1.82, 2.24) is 10.6 Å². The van der Waals surface area contributed by atoms with E-state index in [1.807, 2.05) is 19.9 Å². The van der Waals surface area contributed by atoms with E-state index in [9.17, 15) is 9.18 Å². The van der Waals surface area contributed by atoms with E-state index in [4.69, 9.17) is 0 Å². The van der Waals surface area contributed by atoms with Gasteiger partial charge in [-0.25, -0.2) is 4.39 Å².